The summed E-state index contributed by atoms with van der Waals surface area (Å²) in [5, 5.41) is 0. The van der Waals surface area contributed by atoms with Gasteiger partial charge in [0.2, 0.25) is 11.6 Å². The number of aliphatic imine (C=N–C) groups is 1. The molecule has 1 aliphatic heterocycles. The third kappa shape index (κ3) is 3.36. The van der Waals surface area contributed by atoms with Crippen LogP contribution in [0.25, 0.3) is 6.08 Å². The van der Waals surface area contributed by atoms with Gasteiger partial charge in [-0.05, 0) is 37.3 Å². The molecule has 0 bridgehead atoms. The molecular weight excluding hydrogens is 342 g/mol. The minimum Gasteiger partial charge on any atom is -0.493 e. The molecule has 0 unspecified atom stereocenters. The summed E-state index contributed by atoms with van der Waals surface area (Å²) >= 11 is 1.58. The predicted octanol–water partition coefficient (Wildman–Crippen LogP) is 3.43. The first-order valence-electron chi connectivity index (χ1n) is 7.45. The van der Waals surface area contributed by atoms with E-state index in [-0.39, 0.29) is 11.6 Å². The average molecular weight is 359 g/mol. The molecule has 25 heavy (non-hydrogen) atoms. The van der Waals surface area contributed by atoms with Crippen LogP contribution >= 0.6 is 11.3 Å². The average Bonchev–Trinajstić information content (AvgIpc) is 3.19. The SMILES string of the molecule is COc1cc(C2=NC(=Cc3ccc(C)s3)C(=O)O2)cc(OC)c1OC. The zero-order valence-electron chi connectivity index (χ0n) is 14.3. The smallest absolute Gasteiger partial charge is 0.363 e. The Morgan fingerprint density at radius 3 is 2.28 bits per heavy atom. The number of rotatable bonds is 5. The number of cyclic esters (lactones) is 1. The van der Waals surface area contributed by atoms with Crippen LogP contribution in [0.4, 0.5) is 0 Å². The van der Waals surface area contributed by atoms with Crippen molar-refractivity contribution in [2.24, 2.45) is 4.99 Å². The largest absolute Gasteiger partial charge is 0.493 e. The van der Waals surface area contributed by atoms with E-state index in [0.29, 0.717) is 22.8 Å². The Hall–Kier alpha value is -2.80. The lowest BCUT2D eigenvalue weighted by Gasteiger charge is -2.13. The molecule has 6 nitrogen and oxygen atoms in total. The van der Waals surface area contributed by atoms with Crippen molar-refractivity contribution in [1.29, 1.82) is 0 Å². The Kier molecular flexibility index (Phi) is 4.76. The Labute approximate surface area is 149 Å². The molecule has 130 valence electrons. The van der Waals surface area contributed by atoms with Gasteiger partial charge in [-0.3, -0.25) is 0 Å². The maximum Gasteiger partial charge on any atom is 0.363 e. The van der Waals surface area contributed by atoms with Crippen LogP contribution in [0, 0.1) is 6.92 Å². The van der Waals surface area contributed by atoms with Crippen LogP contribution in [0.15, 0.2) is 35.0 Å². The fourth-order valence-electron chi connectivity index (χ4n) is 2.40. The second-order valence-corrected chi connectivity index (χ2v) is 6.52. The molecule has 1 aliphatic rings. The van der Waals surface area contributed by atoms with Crippen molar-refractivity contribution in [2.75, 3.05) is 21.3 Å². The first kappa shape index (κ1) is 17.0. The standard InChI is InChI=1S/C18H17NO5S/c1-10-5-6-12(25-10)9-13-18(20)24-17(19-13)11-7-14(21-2)16(23-4)15(8-11)22-3/h5-9H,1-4H3. The van der Waals surface area contributed by atoms with Gasteiger partial charge in [-0.15, -0.1) is 11.3 Å². The van der Waals surface area contributed by atoms with Gasteiger partial charge in [0.1, 0.15) is 0 Å². The number of carbonyl (C=O) groups excluding carboxylic acids is 1. The molecule has 2 aromatic rings. The lowest BCUT2D eigenvalue weighted by Crippen LogP contribution is -2.06. The summed E-state index contributed by atoms with van der Waals surface area (Å²) in [6.07, 6.45) is 1.71. The Bertz CT molecular complexity index is 856. The fourth-order valence-corrected chi connectivity index (χ4v) is 3.22. The Morgan fingerprint density at radius 2 is 1.76 bits per heavy atom. The summed E-state index contributed by atoms with van der Waals surface area (Å²) in [5.41, 5.74) is 0.819. The highest BCUT2D eigenvalue weighted by Gasteiger charge is 2.26. The van der Waals surface area contributed by atoms with E-state index in [0.717, 1.165) is 9.75 Å². The number of thiophene rings is 1. The lowest BCUT2D eigenvalue weighted by atomic mass is 10.2. The van der Waals surface area contributed by atoms with Crippen LogP contribution in [0.5, 0.6) is 17.2 Å². The molecule has 0 fully saturated rings. The third-order valence-corrected chi connectivity index (χ3v) is 4.52. The molecule has 0 amide bonds. The van der Waals surface area contributed by atoms with Gasteiger partial charge >= 0.3 is 5.97 Å². The van der Waals surface area contributed by atoms with E-state index in [4.69, 9.17) is 18.9 Å². The second-order valence-electron chi connectivity index (χ2n) is 5.20. The number of nitrogens with zero attached hydrogens (tertiary/aromatic N) is 1. The van der Waals surface area contributed by atoms with Gasteiger partial charge in [-0.2, -0.15) is 0 Å². The van der Waals surface area contributed by atoms with Crippen LogP contribution < -0.4 is 14.2 Å². The molecule has 1 aromatic carbocycles. The summed E-state index contributed by atoms with van der Waals surface area (Å²) < 4.78 is 21.2. The number of esters is 1. The summed E-state index contributed by atoms with van der Waals surface area (Å²) in [7, 11) is 4.57. The number of hydrogen-bond donors (Lipinski definition) is 0. The quantitative estimate of drug-likeness (QED) is 0.604. The number of hydrogen-bond acceptors (Lipinski definition) is 7. The van der Waals surface area contributed by atoms with Gasteiger partial charge in [-0.25, -0.2) is 9.79 Å². The monoisotopic (exact) mass is 359 g/mol. The molecule has 0 saturated carbocycles. The van der Waals surface area contributed by atoms with Gasteiger partial charge < -0.3 is 18.9 Å². The summed E-state index contributed by atoms with van der Waals surface area (Å²) in [6, 6.07) is 7.30. The minimum absolute atomic E-state index is 0.198. The summed E-state index contributed by atoms with van der Waals surface area (Å²) in [6.45, 7) is 2.00. The molecule has 0 saturated heterocycles. The highest BCUT2D eigenvalue weighted by atomic mass is 32.1. The van der Waals surface area contributed by atoms with E-state index in [1.807, 2.05) is 19.1 Å². The van der Waals surface area contributed by atoms with E-state index in [1.165, 1.54) is 21.3 Å². The Balaban J connectivity index is 2.00. The van der Waals surface area contributed by atoms with Crippen molar-refractivity contribution in [3.63, 3.8) is 0 Å². The van der Waals surface area contributed by atoms with Crippen LogP contribution in [-0.4, -0.2) is 33.2 Å². The highest BCUT2D eigenvalue weighted by Crippen LogP contribution is 2.39. The van der Waals surface area contributed by atoms with E-state index in [1.54, 1.807) is 29.5 Å². The Morgan fingerprint density at radius 1 is 1.08 bits per heavy atom. The van der Waals surface area contributed by atoms with Crippen LogP contribution in [0.2, 0.25) is 0 Å². The maximum absolute atomic E-state index is 12.1. The zero-order valence-corrected chi connectivity index (χ0v) is 15.1. The van der Waals surface area contributed by atoms with E-state index in [2.05, 4.69) is 4.99 Å². The highest BCUT2D eigenvalue weighted by molar-refractivity contribution is 7.12. The second kappa shape index (κ2) is 6.98. The van der Waals surface area contributed by atoms with Crippen molar-refractivity contribution >= 4 is 29.3 Å². The lowest BCUT2D eigenvalue weighted by molar-refractivity contribution is -0.129. The molecule has 3 rings (SSSR count). The van der Waals surface area contributed by atoms with Crippen molar-refractivity contribution in [3.05, 3.63) is 45.3 Å². The normalized spacial score (nSPS) is 15.1. The minimum atomic E-state index is -0.491. The van der Waals surface area contributed by atoms with Crippen molar-refractivity contribution in [3.8, 4) is 17.2 Å². The van der Waals surface area contributed by atoms with E-state index in [9.17, 15) is 4.79 Å². The summed E-state index contributed by atoms with van der Waals surface area (Å²) in [4.78, 5) is 18.5. The fraction of sp³-hybridized carbons (Fsp3) is 0.222. The zero-order chi connectivity index (χ0) is 18.0. The van der Waals surface area contributed by atoms with Crippen molar-refractivity contribution < 1.29 is 23.7 Å². The van der Waals surface area contributed by atoms with Crippen molar-refractivity contribution in [2.45, 2.75) is 6.92 Å². The molecule has 7 heteroatoms. The molecule has 0 aliphatic carbocycles. The van der Waals surface area contributed by atoms with Gasteiger partial charge in [0, 0.05) is 15.3 Å². The van der Waals surface area contributed by atoms with Gasteiger partial charge in [0.15, 0.2) is 17.2 Å². The molecular formula is C18H17NO5S. The number of methoxy groups -OCH3 is 3. The molecule has 2 heterocycles. The number of ether oxygens (including phenoxy) is 4. The third-order valence-electron chi connectivity index (χ3n) is 3.57. The summed E-state index contributed by atoms with van der Waals surface area (Å²) in [5.74, 6) is 1.09. The van der Waals surface area contributed by atoms with E-state index >= 15 is 0 Å². The van der Waals surface area contributed by atoms with Gasteiger partial charge in [-0.1, -0.05) is 0 Å². The molecule has 0 atom stereocenters. The topological polar surface area (TPSA) is 66.4 Å². The van der Waals surface area contributed by atoms with Crippen LogP contribution in [-0.2, 0) is 9.53 Å². The first-order chi connectivity index (χ1) is 12.0. The van der Waals surface area contributed by atoms with Gasteiger partial charge in [0.25, 0.3) is 0 Å². The van der Waals surface area contributed by atoms with Crippen LogP contribution in [0.1, 0.15) is 15.3 Å². The van der Waals surface area contributed by atoms with Crippen molar-refractivity contribution in [1.82, 2.24) is 0 Å². The molecule has 0 radical (unpaired) electrons. The number of aryl methyl sites for hydroxylation is 1. The number of benzene rings is 1. The van der Waals surface area contributed by atoms with Gasteiger partial charge in [0.05, 0.1) is 21.3 Å². The number of carbonyl (C=O) groups is 1. The first-order valence-corrected chi connectivity index (χ1v) is 8.26. The predicted molar refractivity (Wildman–Crippen MR) is 95.8 cm³/mol. The van der Waals surface area contributed by atoms with E-state index < -0.39 is 5.97 Å². The molecule has 0 spiro atoms. The van der Waals surface area contributed by atoms with Crippen LogP contribution in [0.3, 0.4) is 0 Å². The maximum atomic E-state index is 12.1. The molecule has 0 N–H and O–H groups in total. The molecule has 1 aromatic heterocycles.